The number of rotatable bonds is 7. The molecule has 6 heteroatoms. The first-order valence-electron chi connectivity index (χ1n) is 7.12. The second-order valence-corrected chi connectivity index (χ2v) is 5.94. The van der Waals surface area contributed by atoms with Crippen molar-refractivity contribution in [3.8, 4) is 0 Å². The van der Waals surface area contributed by atoms with E-state index in [1.54, 1.807) is 7.11 Å². The molecule has 1 heterocycles. The van der Waals surface area contributed by atoms with Crippen LogP contribution < -0.4 is 5.32 Å². The first kappa shape index (κ1) is 16.9. The Morgan fingerprint density at radius 1 is 1.35 bits per heavy atom. The third-order valence-electron chi connectivity index (χ3n) is 3.63. The maximum Gasteiger partial charge on any atom is 0.323 e. The van der Waals surface area contributed by atoms with E-state index in [-0.39, 0.29) is 18.4 Å². The van der Waals surface area contributed by atoms with Crippen LogP contribution in [0.2, 0.25) is 0 Å². The Morgan fingerprint density at radius 2 is 1.95 bits per heavy atom. The maximum absolute atomic E-state index is 12.8. The van der Waals surface area contributed by atoms with Crippen LogP contribution in [0.3, 0.4) is 0 Å². The number of methoxy groups -OCH3 is 1. The van der Waals surface area contributed by atoms with Crippen LogP contribution in [0.4, 0.5) is 0 Å². The Hall–Kier alpha value is -1.14. The molecule has 0 aromatic carbocycles. The molecule has 0 radical (unpaired) electrons. The minimum absolute atomic E-state index is 0.0862. The van der Waals surface area contributed by atoms with E-state index in [1.807, 2.05) is 13.8 Å². The molecule has 116 valence electrons. The van der Waals surface area contributed by atoms with Crippen LogP contribution in [0.15, 0.2) is 0 Å². The monoisotopic (exact) mass is 286 g/mol. The molecule has 0 atom stereocenters. The van der Waals surface area contributed by atoms with Crippen molar-refractivity contribution in [3.63, 3.8) is 0 Å². The molecule has 1 fully saturated rings. The zero-order valence-electron chi connectivity index (χ0n) is 12.6. The third-order valence-corrected chi connectivity index (χ3v) is 3.63. The van der Waals surface area contributed by atoms with Gasteiger partial charge in [0.05, 0.1) is 12.0 Å². The highest BCUT2D eigenvalue weighted by Crippen LogP contribution is 2.31. The van der Waals surface area contributed by atoms with E-state index in [0.29, 0.717) is 26.0 Å². The summed E-state index contributed by atoms with van der Waals surface area (Å²) in [7, 11) is 1.58. The first-order chi connectivity index (χ1) is 9.41. The molecule has 0 aromatic rings. The van der Waals surface area contributed by atoms with E-state index in [2.05, 4.69) is 5.32 Å². The highest BCUT2D eigenvalue weighted by atomic mass is 16.5. The van der Waals surface area contributed by atoms with E-state index in [0.717, 1.165) is 13.1 Å². The minimum Gasteiger partial charge on any atom is -0.480 e. The molecule has 1 amide bonds. The number of carbonyl (C=O) groups excluding carboxylic acids is 1. The Labute approximate surface area is 120 Å². The summed E-state index contributed by atoms with van der Waals surface area (Å²) in [5.41, 5.74) is -0.579. The van der Waals surface area contributed by atoms with Gasteiger partial charge in [-0.25, -0.2) is 0 Å². The van der Waals surface area contributed by atoms with Crippen LogP contribution in [0.1, 0.15) is 26.7 Å². The summed E-state index contributed by atoms with van der Waals surface area (Å²) in [5.74, 6) is -0.822. The van der Waals surface area contributed by atoms with Gasteiger partial charge in [-0.1, -0.05) is 13.8 Å². The van der Waals surface area contributed by atoms with Crippen molar-refractivity contribution in [1.29, 1.82) is 0 Å². The normalized spacial score (nSPS) is 18.0. The summed E-state index contributed by atoms with van der Waals surface area (Å²) in [4.78, 5) is 25.3. The van der Waals surface area contributed by atoms with Crippen LogP contribution in [-0.2, 0) is 14.3 Å². The fourth-order valence-corrected chi connectivity index (χ4v) is 2.76. The van der Waals surface area contributed by atoms with Crippen LogP contribution in [-0.4, -0.2) is 61.8 Å². The van der Waals surface area contributed by atoms with Gasteiger partial charge < -0.3 is 20.1 Å². The van der Waals surface area contributed by atoms with Gasteiger partial charge in [0, 0.05) is 13.7 Å². The first-order valence-corrected chi connectivity index (χ1v) is 7.12. The standard InChI is InChI=1S/C14H26N2O4/c1-11(2)8-16(9-12(17)18)13(19)14(10-20-3)4-6-15-7-5-14/h11,15H,4-10H2,1-3H3,(H,17,18). The number of piperidine rings is 1. The lowest BCUT2D eigenvalue weighted by atomic mass is 9.78. The molecular formula is C14H26N2O4. The second kappa shape index (κ2) is 7.59. The maximum atomic E-state index is 12.8. The molecule has 0 aromatic heterocycles. The second-order valence-electron chi connectivity index (χ2n) is 5.94. The van der Waals surface area contributed by atoms with Crippen LogP contribution in [0.5, 0.6) is 0 Å². The number of ether oxygens (including phenoxy) is 1. The number of hydrogen-bond donors (Lipinski definition) is 2. The number of carbonyl (C=O) groups is 2. The molecular weight excluding hydrogens is 260 g/mol. The molecule has 1 rings (SSSR count). The van der Waals surface area contributed by atoms with Gasteiger partial charge in [0.15, 0.2) is 0 Å². The minimum atomic E-state index is -0.972. The molecule has 0 aliphatic carbocycles. The van der Waals surface area contributed by atoms with E-state index in [4.69, 9.17) is 9.84 Å². The molecule has 6 nitrogen and oxygen atoms in total. The Balaban J connectivity index is 2.89. The zero-order valence-corrected chi connectivity index (χ0v) is 12.6. The van der Waals surface area contributed by atoms with Gasteiger partial charge in [-0.2, -0.15) is 0 Å². The van der Waals surface area contributed by atoms with Gasteiger partial charge in [0.25, 0.3) is 0 Å². The largest absolute Gasteiger partial charge is 0.480 e. The summed E-state index contributed by atoms with van der Waals surface area (Å²) >= 11 is 0. The quantitative estimate of drug-likeness (QED) is 0.715. The number of hydrogen-bond acceptors (Lipinski definition) is 4. The van der Waals surface area contributed by atoms with E-state index >= 15 is 0 Å². The average molecular weight is 286 g/mol. The number of carboxylic acids is 1. The molecule has 1 aliphatic heterocycles. The molecule has 2 N–H and O–H groups in total. The Bertz CT molecular complexity index is 333. The molecule has 20 heavy (non-hydrogen) atoms. The van der Waals surface area contributed by atoms with E-state index in [9.17, 15) is 9.59 Å². The number of amides is 1. The lowest BCUT2D eigenvalue weighted by molar-refractivity contribution is -0.154. The molecule has 1 saturated heterocycles. The topological polar surface area (TPSA) is 78.9 Å². The van der Waals surface area contributed by atoms with Crippen molar-refractivity contribution < 1.29 is 19.4 Å². The molecule has 0 unspecified atom stereocenters. The SMILES string of the molecule is COCC1(C(=O)N(CC(=O)O)CC(C)C)CCNCC1. The van der Waals surface area contributed by atoms with Crippen LogP contribution in [0, 0.1) is 11.3 Å². The predicted molar refractivity (Wildman–Crippen MR) is 75.5 cm³/mol. The van der Waals surface area contributed by atoms with Crippen LogP contribution >= 0.6 is 0 Å². The van der Waals surface area contributed by atoms with Crippen molar-refractivity contribution in [2.45, 2.75) is 26.7 Å². The van der Waals surface area contributed by atoms with Crippen LogP contribution in [0.25, 0.3) is 0 Å². The van der Waals surface area contributed by atoms with E-state index in [1.165, 1.54) is 4.90 Å². The summed E-state index contributed by atoms with van der Waals surface area (Å²) in [5, 5.41) is 12.3. The van der Waals surface area contributed by atoms with Crippen molar-refractivity contribution in [1.82, 2.24) is 10.2 Å². The fourth-order valence-electron chi connectivity index (χ4n) is 2.76. The van der Waals surface area contributed by atoms with E-state index < -0.39 is 11.4 Å². The number of aliphatic carboxylic acids is 1. The number of carboxylic acid groups (broad SMARTS) is 1. The zero-order chi connectivity index (χ0) is 15.2. The van der Waals surface area contributed by atoms with Gasteiger partial charge >= 0.3 is 5.97 Å². The highest BCUT2D eigenvalue weighted by Gasteiger charge is 2.42. The fraction of sp³-hybridized carbons (Fsp3) is 0.857. The lowest BCUT2D eigenvalue weighted by Gasteiger charge is -2.39. The molecule has 0 bridgehead atoms. The van der Waals surface area contributed by atoms with Gasteiger partial charge in [-0.15, -0.1) is 0 Å². The summed E-state index contributed by atoms with van der Waals surface area (Å²) in [6.45, 7) is 6.05. The Morgan fingerprint density at radius 3 is 2.40 bits per heavy atom. The summed E-state index contributed by atoms with van der Waals surface area (Å²) < 4.78 is 5.24. The van der Waals surface area contributed by atoms with Gasteiger partial charge in [0.1, 0.15) is 6.54 Å². The summed E-state index contributed by atoms with van der Waals surface area (Å²) in [6, 6.07) is 0. The average Bonchev–Trinajstić information content (AvgIpc) is 2.37. The van der Waals surface area contributed by atoms with Gasteiger partial charge in [-0.05, 0) is 31.8 Å². The van der Waals surface area contributed by atoms with Gasteiger partial charge in [0.2, 0.25) is 5.91 Å². The summed E-state index contributed by atoms with van der Waals surface area (Å²) in [6.07, 6.45) is 1.38. The highest BCUT2D eigenvalue weighted by molar-refractivity contribution is 5.86. The smallest absolute Gasteiger partial charge is 0.323 e. The van der Waals surface area contributed by atoms with Gasteiger partial charge in [-0.3, -0.25) is 9.59 Å². The number of nitrogens with zero attached hydrogens (tertiary/aromatic N) is 1. The van der Waals surface area contributed by atoms with Crippen molar-refractivity contribution >= 4 is 11.9 Å². The van der Waals surface area contributed by atoms with Crippen molar-refractivity contribution in [2.75, 3.05) is 39.9 Å². The Kier molecular flexibility index (Phi) is 6.42. The molecule has 0 saturated carbocycles. The lowest BCUT2D eigenvalue weighted by Crippen LogP contribution is -2.53. The van der Waals surface area contributed by atoms with Crippen molar-refractivity contribution in [2.24, 2.45) is 11.3 Å². The number of nitrogens with one attached hydrogen (secondary N) is 1. The molecule has 1 aliphatic rings. The predicted octanol–water partition coefficient (Wildman–Crippen LogP) is 0.572. The van der Waals surface area contributed by atoms with Crippen molar-refractivity contribution in [3.05, 3.63) is 0 Å². The third kappa shape index (κ3) is 4.45. The molecule has 0 spiro atoms.